The molecule has 6 nitrogen and oxygen atoms in total. The van der Waals surface area contributed by atoms with Crippen molar-refractivity contribution in [1.82, 2.24) is 5.32 Å². The molecule has 1 saturated carbocycles. The Morgan fingerprint density at radius 3 is 2.33 bits per heavy atom. The standard InChI is InChI=1S/C23H36N2O4S/c1-22(2,3)29-21(27)23(24,16-30-15-18-8-6-5-7-9-18)20(26)25-14-17-10-12-19(28-4)13-11-17/h10-13,18H,5-9,14-16,24H2,1-4H3,(H,25,26)/t23-/m0/s1. The Hall–Kier alpha value is -1.73. The Kier molecular flexibility index (Phi) is 9.04. The summed E-state index contributed by atoms with van der Waals surface area (Å²) in [6, 6.07) is 7.38. The van der Waals surface area contributed by atoms with Crippen LogP contribution in [0.15, 0.2) is 24.3 Å². The van der Waals surface area contributed by atoms with E-state index in [9.17, 15) is 9.59 Å². The predicted molar refractivity (Wildman–Crippen MR) is 122 cm³/mol. The maximum Gasteiger partial charge on any atom is 0.337 e. The molecular weight excluding hydrogens is 400 g/mol. The van der Waals surface area contributed by atoms with Gasteiger partial charge >= 0.3 is 5.97 Å². The van der Waals surface area contributed by atoms with E-state index in [1.165, 1.54) is 32.1 Å². The number of methoxy groups -OCH3 is 1. The largest absolute Gasteiger partial charge is 0.497 e. The number of benzene rings is 1. The molecule has 0 aliphatic heterocycles. The molecule has 3 N–H and O–H groups in total. The Labute approximate surface area is 184 Å². The van der Waals surface area contributed by atoms with Gasteiger partial charge in [-0.25, -0.2) is 4.79 Å². The van der Waals surface area contributed by atoms with Crippen LogP contribution in [-0.2, 0) is 20.9 Å². The third-order valence-corrected chi connectivity index (χ3v) is 6.56. The van der Waals surface area contributed by atoms with E-state index in [0.717, 1.165) is 17.1 Å². The molecule has 0 aromatic heterocycles. The molecule has 1 amide bonds. The average Bonchev–Trinajstić information content (AvgIpc) is 2.71. The highest BCUT2D eigenvalue weighted by molar-refractivity contribution is 7.99. The van der Waals surface area contributed by atoms with Gasteiger partial charge in [0.2, 0.25) is 5.54 Å². The van der Waals surface area contributed by atoms with Crippen molar-refractivity contribution < 1.29 is 19.1 Å². The molecule has 1 aromatic carbocycles. The summed E-state index contributed by atoms with van der Waals surface area (Å²) in [6.07, 6.45) is 6.23. The lowest BCUT2D eigenvalue weighted by molar-refractivity contribution is -0.163. The fourth-order valence-electron chi connectivity index (χ4n) is 3.41. The fraction of sp³-hybridized carbons (Fsp3) is 0.652. The van der Waals surface area contributed by atoms with Crippen molar-refractivity contribution in [3.63, 3.8) is 0 Å². The van der Waals surface area contributed by atoms with Crippen LogP contribution in [0.4, 0.5) is 0 Å². The highest BCUT2D eigenvalue weighted by Gasteiger charge is 2.45. The maximum absolute atomic E-state index is 13.0. The van der Waals surface area contributed by atoms with E-state index >= 15 is 0 Å². The number of hydrogen-bond donors (Lipinski definition) is 2. The fourth-order valence-corrected chi connectivity index (χ4v) is 4.77. The minimum atomic E-state index is -1.72. The first-order valence-electron chi connectivity index (χ1n) is 10.7. The summed E-state index contributed by atoms with van der Waals surface area (Å²) < 4.78 is 10.6. The normalized spacial score (nSPS) is 17.1. The Morgan fingerprint density at radius 1 is 1.13 bits per heavy atom. The molecule has 0 saturated heterocycles. The van der Waals surface area contributed by atoms with Gasteiger partial charge in [0.25, 0.3) is 5.91 Å². The summed E-state index contributed by atoms with van der Waals surface area (Å²) in [6.45, 7) is 5.60. The number of ether oxygens (including phenoxy) is 2. The van der Waals surface area contributed by atoms with Crippen LogP contribution in [0, 0.1) is 5.92 Å². The first-order chi connectivity index (χ1) is 14.1. The quantitative estimate of drug-likeness (QED) is 0.453. The van der Waals surface area contributed by atoms with Gasteiger partial charge in [0, 0.05) is 12.3 Å². The number of hydrogen-bond acceptors (Lipinski definition) is 6. The first kappa shape index (κ1) is 24.5. The summed E-state index contributed by atoms with van der Waals surface area (Å²) >= 11 is 1.57. The van der Waals surface area contributed by atoms with Crippen LogP contribution in [0.5, 0.6) is 5.75 Å². The number of amides is 1. The molecule has 7 heteroatoms. The molecule has 0 radical (unpaired) electrons. The zero-order valence-corrected chi connectivity index (χ0v) is 19.5. The number of rotatable bonds is 9. The zero-order chi connectivity index (χ0) is 22.2. The van der Waals surface area contributed by atoms with E-state index in [-0.39, 0.29) is 12.3 Å². The number of carbonyl (C=O) groups is 2. The molecule has 168 valence electrons. The molecular formula is C23H36N2O4S. The van der Waals surface area contributed by atoms with E-state index in [1.807, 2.05) is 24.3 Å². The minimum Gasteiger partial charge on any atom is -0.497 e. The van der Waals surface area contributed by atoms with Crippen molar-refractivity contribution >= 4 is 23.6 Å². The molecule has 1 atom stereocenters. The van der Waals surface area contributed by atoms with Gasteiger partial charge < -0.3 is 20.5 Å². The van der Waals surface area contributed by atoms with E-state index in [4.69, 9.17) is 15.2 Å². The van der Waals surface area contributed by atoms with Crippen LogP contribution in [0.1, 0.15) is 58.4 Å². The molecule has 1 aliphatic rings. The van der Waals surface area contributed by atoms with E-state index < -0.39 is 23.0 Å². The van der Waals surface area contributed by atoms with Crippen LogP contribution in [0.2, 0.25) is 0 Å². The van der Waals surface area contributed by atoms with Gasteiger partial charge in [0.1, 0.15) is 11.4 Å². The third kappa shape index (κ3) is 7.51. The van der Waals surface area contributed by atoms with Gasteiger partial charge in [-0.3, -0.25) is 4.79 Å². The van der Waals surface area contributed by atoms with Gasteiger partial charge in [-0.2, -0.15) is 11.8 Å². The Morgan fingerprint density at radius 2 is 1.77 bits per heavy atom. The first-order valence-corrected chi connectivity index (χ1v) is 11.8. The highest BCUT2D eigenvalue weighted by atomic mass is 32.2. The number of thioether (sulfide) groups is 1. The molecule has 1 aliphatic carbocycles. The van der Waals surface area contributed by atoms with Crippen molar-refractivity contribution in [2.75, 3.05) is 18.6 Å². The summed E-state index contributed by atoms with van der Waals surface area (Å²) in [5.41, 5.74) is 4.84. The summed E-state index contributed by atoms with van der Waals surface area (Å²) in [5, 5.41) is 2.81. The summed E-state index contributed by atoms with van der Waals surface area (Å²) in [7, 11) is 1.60. The van der Waals surface area contributed by atoms with Crippen LogP contribution in [-0.4, -0.2) is 41.6 Å². The van der Waals surface area contributed by atoms with Gasteiger partial charge in [0.05, 0.1) is 7.11 Å². The maximum atomic E-state index is 13.0. The molecule has 1 fully saturated rings. The Balaban J connectivity index is 2.01. The number of esters is 1. The van der Waals surface area contributed by atoms with E-state index in [1.54, 1.807) is 39.6 Å². The molecule has 0 unspecified atom stereocenters. The third-order valence-electron chi connectivity index (χ3n) is 5.19. The van der Waals surface area contributed by atoms with Crippen molar-refractivity contribution in [3.05, 3.63) is 29.8 Å². The lowest BCUT2D eigenvalue weighted by Crippen LogP contribution is -2.63. The van der Waals surface area contributed by atoms with Gasteiger partial charge in [-0.15, -0.1) is 0 Å². The second-order valence-corrected chi connectivity index (χ2v) is 10.1. The smallest absolute Gasteiger partial charge is 0.337 e. The number of carbonyl (C=O) groups excluding carboxylic acids is 2. The topological polar surface area (TPSA) is 90.6 Å². The molecule has 0 spiro atoms. The summed E-state index contributed by atoms with van der Waals surface area (Å²) in [4.78, 5) is 25.9. The number of nitrogens with two attached hydrogens (primary N) is 1. The Bertz CT molecular complexity index is 696. The lowest BCUT2D eigenvalue weighted by atomic mass is 9.91. The SMILES string of the molecule is COc1ccc(CNC(=O)[C@@](N)(CSCC2CCCCC2)C(=O)OC(C)(C)C)cc1. The predicted octanol–water partition coefficient (Wildman–Crippen LogP) is 3.66. The van der Waals surface area contributed by atoms with Crippen molar-refractivity contribution in [1.29, 1.82) is 0 Å². The van der Waals surface area contributed by atoms with Gasteiger partial charge in [-0.1, -0.05) is 31.4 Å². The monoisotopic (exact) mass is 436 g/mol. The highest BCUT2D eigenvalue weighted by Crippen LogP contribution is 2.28. The second kappa shape index (κ2) is 11.0. The van der Waals surface area contributed by atoms with Crippen LogP contribution in [0.25, 0.3) is 0 Å². The van der Waals surface area contributed by atoms with Gasteiger partial charge in [0.15, 0.2) is 0 Å². The molecule has 1 aromatic rings. The van der Waals surface area contributed by atoms with Gasteiger partial charge in [-0.05, 0) is 63.0 Å². The molecule has 0 bridgehead atoms. The van der Waals surface area contributed by atoms with E-state index in [0.29, 0.717) is 5.92 Å². The number of nitrogens with one attached hydrogen (secondary N) is 1. The zero-order valence-electron chi connectivity index (χ0n) is 18.7. The molecule has 30 heavy (non-hydrogen) atoms. The lowest BCUT2D eigenvalue weighted by Gasteiger charge is -2.30. The van der Waals surface area contributed by atoms with Crippen LogP contribution < -0.4 is 15.8 Å². The van der Waals surface area contributed by atoms with Crippen molar-refractivity contribution in [2.24, 2.45) is 11.7 Å². The summed E-state index contributed by atoms with van der Waals surface area (Å²) in [5.74, 6) is 1.29. The van der Waals surface area contributed by atoms with Crippen molar-refractivity contribution in [3.8, 4) is 5.75 Å². The van der Waals surface area contributed by atoms with Crippen LogP contribution >= 0.6 is 11.8 Å². The van der Waals surface area contributed by atoms with E-state index in [2.05, 4.69) is 5.32 Å². The van der Waals surface area contributed by atoms with Crippen molar-refractivity contribution in [2.45, 2.75) is 70.6 Å². The molecule has 0 heterocycles. The second-order valence-electron chi connectivity index (χ2n) is 9.02. The molecule has 2 rings (SSSR count). The minimum absolute atomic E-state index is 0.201. The average molecular weight is 437 g/mol. The van der Waals surface area contributed by atoms with Crippen LogP contribution in [0.3, 0.4) is 0 Å².